The number of carbonyl (C=O) groups is 1. The van der Waals surface area contributed by atoms with Crippen LogP contribution in [0.2, 0.25) is 5.02 Å². The highest BCUT2D eigenvalue weighted by Crippen LogP contribution is 2.34. The molecule has 4 aromatic rings. The maximum absolute atomic E-state index is 13.8. The lowest BCUT2D eigenvalue weighted by Gasteiger charge is -2.29. The van der Waals surface area contributed by atoms with Crippen molar-refractivity contribution in [2.45, 2.75) is 32.7 Å². The molecule has 0 fully saturated rings. The van der Waals surface area contributed by atoms with E-state index in [0.717, 1.165) is 40.9 Å². The van der Waals surface area contributed by atoms with E-state index in [9.17, 15) is 4.79 Å². The molecule has 2 aromatic carbocycles. The van der Waals surface area contributed by atoms with Crippen LogP contribution in [0.25, 0.3) is 11.3 Å². The van der Waals surface area contributed by atoms with Crippen LogP contribution in [0.15, 0.2) is 61.2 Å². The van der Waals surface area contributed by atoms with Crippen LogP contribution in [0, 0.1) is 18.3 Å². The number of rotatable bonds is 6. The maximum atomic E-state index is 13.8. The van der Waals surface area contributed by atoms with Crippen molar-refractivity contribution in [2.24, 2.45) is 0 Å². The Bertz CT molecular complexity index is 1470. The normalized spacial score (nSPS) is 12.6. The summed E-state index contributed by atoms with van der Waals surface area (Å²) in [5.41, 5.74) is 5.55. The number of hydrogen-bond donors (Lipinski definition) is 1. The van der Waals surface area contributed by atoms with Crippen molar-refractivity contribution in [3.63, 3.8) is 0 Å². The second-order valence-corrected chi connectivity index (χ2v) is 8.98. The van der Waals surface area contributed by atoms with E-state index < -0.39 is 0 Å². The molecule has 3 heterocycles. The molecule has 2 aromatic heterocycles. The quantitative estimate of drug-likeness (QED) is 0.374. The monoisotopic (exact) mass is 497 g/mol. The molecule has 1 aliphatic heterocycles. The van der Waals surface area contributed by atoms with Gasteiger partial charge in [0, 0.05) is 34.6 Å². The number of nitrogens with one attached hydrogen (secondary N) is 1. The van der Waals surface area contributed by atoms with Gasteiger partial charge in [0.15, 0.2) is 0 Å². The summed E-state index contributed by atoms with van der Waals surface area (Å²) < 4.78 is 1.73. The number of para-hydroxylation sites is 1. The number of hydrogen-bond acceptors (Lipinski definition) is 6. The van der Waals surface area contributed by atoms with Gasteiger partial charge in [0.25, 0.3) is 5.91 Å². The lowest BCUT2D eigenvalue weighted by molar-refractivity contribution is 0.0985. The minimum absolute atomic E-state index is 0.131. The van der Waals surface area contributed by atoms with Gasteiger partial charge in [-0.1, -0.05) is 29.8 Å². The molecule has 9 heteroatoms. The molecule has 8 nitrogen and oxygen atoms in total. The van der Waals surface area contributed by atoms with Crippen LogP contribution in [0.5, 0.6) is 0 Å². The standard InChI is InChI=1S/C27H24ClN7O/c1-18-22(28)9-4-11-23(18)33-24-10-3-2-7-20(24)27(36)35-14-5-8-21-25(30-17-31-26(21)35)19-15-32-34(16-19)13-6-12-29/h2-4,7,9-11,15-17,33H,5-6,8,13-14H2,1H3. The average Bonchev–Trinajstić information content (AvgIpc) is 3.38. The number of nitrogens with zero attached hydrogens (tertiary/aromatic N) is 6. The summed E-state index contributed by atoms with van der Waals surface area (Å²) in [6.07, 6.45) is 7.06. The Morgan fingerprint density at radius 3 is 2.86 bits per heavy atom. The molecule has 0 spiro atoms. The van der Waals surface area contributed by atoms with Gasteiger partial charge in [-0.2, -0.15) is 10.4 Å². The fourth-order valence-electron chi connectivity index (χ4n) is 4.42. The Kier molecular flexibility index (Phi) is 6.65. The van der Waals surface area contributed by atoms with Gasteiger partial charge in [-0.15, -0.1) is 0 Å². The highest BCUT2D eigenvalue weighted by atomic mass is 35.5. The van der Waals surface area contributed by atoms with Crippen LogP contribution in [-0.2, 0) is 13.0 Å². The number of fused-ring (bicyclic) bond motifs is 1. The van der Waals surface area contributed by atoms with E-state index in [0.29, 0.717) is 41.6 Å². The highest BCUT2D eigenvalue weighted by molar-refractivity contribution is 6.31. The van der Waals surface area contributed by atoms with Crippen molar-refractivity contribution in [1.82, 2.24) is 19.7 Å². The largest absolute Gasteiger partial charge is 0.355 e. The summed E-state index contributed by atoms with van der Waals surface area (Å²) in [6, 6.07) is 15.3. The van der Waals surface area contributed by atoms with Crippen LogP contribution in [0.1, 0.15) is 34.3 Å². The zero-order valence-electron chi connectivity index (χ0n) is 19.8. The van der Waals surface area contributed by atoms with E-state index in [2.05, 4.69) is 26.5 Å². The Morgan fingerprint density at radius 2 is 2.00 bits per heavy atom. The van der Waals surface area contributed by atoms with Gasteiger partial charge in [-0.25, -0.2) is 9.97 Å². The van der Waals surface area contributed by atoms with E-state index in [-0.39, 0.29) is 5.91 Å². The number of aryl methyl sites for hydroxylation is 1. The first-order valence-electron chi connectivity index (χ1n) is 11.7. The Balaban J connectivity index is 1.48. The van der Waals surface area contributed by atoms with E-state index in [1.54, 1.807) is 15.8 Å². The molecule has 180 valence electrons. The summed E-state index contributed by atoms with van der Waals surface area (Å²) in [6.45, 7) is 3.02. The number of benzene rings is 2. The molecule has 5 rings (SSSR count). The molecule has 0 unspecified atom stereocenters. The predicted molar refractivity (Wildman–Crippen MR) is 139 cm³/mol. The molecule has 1 aliphatic rings. The smallest absolute Gasteiger partial charge is 0.261 e. The summed E-state index contributed by atoms with van der Waals surface area (Å²) >= 11 is 6.30. The number of amides is 1. The van der Waals surface area contributed by atoms with Crippen molar-refractivity contribution >= 4 is 34.7 Å². The Labute approximate surface area is 214 Å². The lowest BCUT2D eigenvalue weighted by Crippen LogP contribution is -2.37. The summed E-state index contributed by atoms with van der Waals surface area (Å²) in [7, 11) is 0. The maximum Gasteiger partial charge on any atom is 0.261 e. The minimum atomic E-state index is -0.131. The first-order valence-corrected chi connectivity index (χ1v) is 12.1. The Morgan fingerprint density at radius 1 is 1.17 bits per heavy atom. The van der Waals surface area contributed by atoms with Crippen LogP contribution >= 0.6 is 11.6 Å². The molecule has 1 amide bonds. The van der Waals surface area contributed by atoms with Gasteiger partial charge in [0.05, 0.1) is 42.2 Å². The summed E-state index contributed by atoms with van der Waals surface area (Å²) in [5.74, 6) is 0.489. The van der Waals surface area contributed by atoms with Crippen LogP contribution in [0.4, 0.5) is 17.2 Å². The SMILES string of the molecule is Cc1c(Cl)cccc1Nc1ccccc1C(=O)N1CCCc2c(-c3cnn(CCC#N)c3)ncnc21. The Hall–Kier alpha value is -4.22. The van der Waals surface area contributed by atoms with Crippen LogP contribution < -0.4 is 10.2 Å². The molecule has 0 saturated heterocycles. The highest BCUT2D eigenvalue weighted by Gasteiger charge is 2.29. The number of carbonyl (C=O) groups excluding carboxylic acids is 1. The third-order valence-corrected chi connectivity index (χ3v) is 6.70. The first-order chi connectivity index (χ1) is 17.6. The molecule has 0 atom stereocenters. The molecule has 0 aliphatic carbocycles. The average molecular weight is 498 g/mol. The van der Waals surface area contributed by atoms with E-state index >= 15 is 0 Å². The van der Waals surface area contributed by atoms with Crippen molar-refractivity contribution < 1.29 is 4.79 Å². The van der Waals surface area contributed by atoms with Crippen molar-refractivity contribution in [3.05, 3.63) is 82.9 Å². The van der Waals surface area contributed by atoms with Gasteiger partial charge in [-0.05, 0) is 49.6 Å². The van der Waals surface area contributed by atoms with Gasteiger partial charge >= 0.3 is 0 Å². The van der Waals surface area contributed by atoms with Crippen LogP contribution in [0.3, 0.4) is 0 Å². The van der Waals surface area contributed by atoms with Gasteiger partial charge in [0.2, 0.25) is 0 Å². The topological polar surface area (TPSA) is 99.7 Å². The second-order valence-electron chi connectivity index (χ2n) is 8.57. The minimum Gasteiger partial charge on any atom is -0.355 e. The molecule has 0 bridgehead atoms. The van der Waals surface area contributed by atoms with E-state index in [4.69, 9.17) is 16.9 Å². The van der Waals surface area contributed by atoms with Gasteiger partial charge in [0.1, 0.15) is 12.1 Å². The fourth-order valence-corrected chi connectivity index (χ4v) is 4.59. The summed E-state index contributed by atoms with van der Waals surface area (Å²) in [5, 5.41) is 17.2. The van der Waals surface area contributed by atoms with E-state index in [1.165, 1.54) is 6.33 Å². The third-order valence-electron chi connectivity index (χ3n) is 6.29. The summed E-state index contributed by atoms with van der Waals surface area (Å²) in [4.78, 5) is 24.6. The third kappa shape index (κ3) is 4.53. The predicted octanol–water partition coefficient (Wildman–Crippen LogP) is 5.55. The van der Waals surface area contributed by atoms with E-state index in [1.807, 2.05) is 55.6 Å². The molecule has 1 N–H and O–H groups in total. The first kappa shape index (κ1) is 23.5. The second kappa shape index (κ2) is 10.2. The number of anilines is 3. The number of halogens is 1. The fraction of sp³-hybridized carbons (Fsp3) is 0.222. The van der Waals surface area contributed by atoms with Crippen molar-refractivity contribution in [2.75, 3.05) is 16.8 Å². The van der Waals surface area contributed by atoms with Crippen LogP contribution in [-0.4, -0.2) is 32.2 Å². The number of nitriles is 1. The molecular weight excluding hydrogens is 474 g/mol. The molecule has 0 saturated carbocycles. The zero-order valence-corrected chi connectivity index (χ0v) is 20.5. The van der Waals surface area contributed by atoms with Gasteiger partial charge < -0.3 is 5.32 Å². The lowest BCUT2D eigenvalue weighted by atomic mass is 9.99. The molecule has 36 heavy (non-hydrogen) atoms. The zero-order chi connectivity index (χ0) is 25.1. The molecular formula is C27H24ClN7O. The van der Waals surface area contributed by atoms with Gasteiger partial charge in [-0.3, -0.25) is 14.4 Å². The number of aromatic nitrogens is 4. The van der Waals surface area contributed by atoms with Crippen molar-refractivity contribution in [3.8, 4) is 17.3 Å². The molecule has 0 radical (unpaired) electrons. The van der Waals surface area contributed by atoms with Crippen molar-refractivity contribution in [1.29, 1.82) is 5.26 Å².